The third kappa shape index (κ3) is 0.869. The van der Waals surface area contributed by atoms with Gasteiger partial charge in [-0.2, -0.15) is 0 Å². The fraction of sp³-hybridized carbons (Fsp3) is 1.00. The fourth-order valence-electron chi connectivity index (χ4n) is 4.28. The number of hydrogen-bond acceptors (Lipinski definition) is 1. The van der Waals surface area contributed by atoms with E-state index in [1.807, 2.05) is 0 Å². The van der Waals surface area contributed by atoms with Gasteiger partial charge in [-0.1, -0.05) is 13.8 Å². The molecule has 1 aliphatic heterocycles. The van der Waals surface area contributed by atoms with Crippen molar-refractivity contribution in [3.05, 3.63) is 0 Å². The van der Waals surface area contributed by atoms with Crippen molar-refractivity contribution < 1.29 is 4.74 Å². The summed E-state index contributed by atoms with van der Waals surface area (Å²) in [6.45, 7) is 7.04. The lowest BCUT2D eigenvalue weighted by molar-refractivity contribution is -0.156. The SMILES string of the molecule is CC1(C)[C@H]2CC[C@]3(CCOC3)[C@@H]1C2. The number of rotatable bonds is 0. The van der Waals surface area contributed by atoms with Crippen LogP contribution >= 0.6 is 0 Å². The molecule has 13 heavy (non-hydrogen) atoms. The van der Waals surface area contributed by atoms with Gasteiger partial charge in [-0.05, 0) is 48.3 Å². The van der Waals surface area contributed by atoms with E-state index < -0.39 is 0 Å². The Morgan fingerprint density at radius 2 is 2.08 bits per heavy atom. The Balaban J connectivity index is 1.90. The first-order chi connectivity index (χ1) is 6.15. The molecule has 74 valence electrons. The minimum Gasteiger partial charge on any atom is -0.381 e. The van der Waals surface area contributed by atoms with Crippen LogP contribution in [-0.4, -0.2) is 13.2 Å². The summed E-state index contributed by atoms with van der Waals surface area (Å²) in [5.74, 6) is 2.00. The fourth-order valence-corrected chi connectivity index (χ4v) is 4.28. The Labute approximate surface area is 80.8 Å². The highest BCUT2D eigenvalue weighted by Crippen LogP contribution is 2.67. The van der Waals surface area contributed by atoms with Gasteiger partial charge < -0.3 is 4.74 Å². The van der Waals surface area contributed by atoms with Crippen LogP contribution in [0.15, 0.2) is 0 Å². The lowest BCUT2D eigenvalue weighted by Gasteiger charge is -2.64. The van der Waals surface area contributed by atoms with E-state index in [0.29, 0.717) is 10.8 Å². The first-order valence-electron chi connectivity index (χ1n) is 5.73. The van der Waals surface area contributed by atoms with Crippen LogP contribution in [0, 0.1) is 22.7 Å². The summed E-state index contributed by atoms with van der Waals surface area (Å²) in [6, 6.07) is 0. The van der Waals surface area contributed by atoms with Gasteiger partial charge >= 0.3 is 0 Å². The minimum absolute atomic E-state index is 0.609. The van der Waals surface area contributed by atoms with Crippen molar-refractivity contribution in [2.75, 3.05) is 13.2 Å². The second kappa shape index (κ2) is 2.31. The first kappa shape index (κ1) is 8.28. The topological polar surface area (TPSA) is 9.23 Å². The normalized spacial score (nSPS) is 52.2. The van der Waals surface area contributed by atoms with Crippen molar-refractivity contribution in [2.45, 2.75) is 39.5 Å². The van der Waals surface area contributed by atoms with Gasteiger partial charge in [0.05, 0.1) is 6.61 Å². The van der Waals surface area contributed by atoms with Crippen molar-refractivity contribution in [1.82, 2.24) is 0 Å². The zero-order chi connectivity index (χ0) is 9.10. The molecule has 4 aliphatic rings. The number of fused-ring (bicyclic) bond motifs is 1. The van der Waals surface area contributed by atoms with Crippen molar-refractivity contribution >= 4 is 0 Å². The quantitative estimate of drug-likeness (QED) is 0.557. The van der Waals surface area contributed by atoms with E-state index >= 15 is 0 Å². The number of ether oxygens (including phenoxy) is 1. The highest BCUT2D eigenvalue weighted by atomic mass is 16.5. The van der Waals surface area contributed by atoms with Gasteiger partial charge in [0.15, 0.2) is 0 Å². The summed E-state index contributed by atoms with van der Waals surface area (Å²) in [4.78, 5) is 0. The van der Waals surface area contributed by atoms with Crippen molar-refractivity contribution in [3.63, 3.8) is 0 Å². The molecule has 1 saturated heterocycles. The second-order valence-corrected chi connectivity index (χ2v) is 6.01. The van der Waals surface area contributed by atoms with E-state index in [1.165, 1.54) is 25.7 Å². The van der Waals surface area contributed by atoms with E-state index in [9.17, 15) is 0 Å². The van der Waals surface area contributed by atoms with Gasteiger partial charge in [0, 0.05) is 6.61 Å². The summed E-state index contributed by atoms with van der Waals surface area (Å²) in [6.07, 6.45) is 5.75. The van der Waals surface area contributed by atoms with Crippen LogP contribution in [0.2, 0.25) is 0 Å². The maximum Gasteiger partial charge on any atom is 0.0526 e. The Hall–Kier alpha value is -0.0400. The predicted octanol–water partition coefficient (Wildman–Crippen LogP) is 2.85. The van der Waals surface area contributed by atoms with Gasteiger partial charge in [-0.15, -0.1) is 0 Å². The standard InChI is InChI=1S/C12H20O/c1-11(2)9-3-4-12(10(11)7-9)5-6-13-8-12/h9-10H,3-8H2,1-2H3/t9-,10+,12+/m0/s1. The van der Waals surface area contributed by atoms with Crippen LogP contribution in [0.5, 0.6) is 0 Å². The van der Waals surface area contributed by atoms with Gasteiger partial charge in [0.1, 0.15) is 0 Å². The summed E-state index contributed by atoms with van der Waals surface area (Å²) in [7, 11) is 0. The highest BCUT2D eigenvalue weighted by molar-refractivity contribution is 5.10. The third-order valence-corrected chi connectivity index (χ3v) is 5.33. The zero-order valence-electron chi connectivity index (χ0n) is 8.81. The van der Waals surface area contributed by atoms with Crippen LogP contribution in [0.3, 0.4) is 0 Å². The molecule has 0 radical (unpaired) electrons. The predicted molar refractivity (Wildman–Crippen MR) is 52.5 cm³/mol. The molecule has 1 heteroatoms. The monoisotopic (exact) mass is 180 g/mol. The lowest BCUT2D eigenvalue weighted by atomic mass is 9.40. The molecular formula is C12H20O. The summed E-state index contributed by atoms with van der Waals surface area (Å²) in [5, 5.41) is 0. The maximum atomic E-state index is 5.63. The molecule has 0 aromatic rings. The van der Waals surface area contributed by atoms with E-state index in [0.717, 1.165) is 25.0 Å². The molecular weight excluding hydrogens is 160 g/mol. The largest absolute Gasteiger partial charge is 0.381 e. The van der Waals surface area contributed by atoms with E-state index in [1.54, 1.807) is 0 Å². The van der Waals surface area contributed by atoms with Gasteiger partial charge in [0.25, 0.3) is 0 Å². The molecule has 0 amide bonds. The van der Waals surface area contributed by atoms with Crippen molar-refractivity contribution in [2.24, 2.45) is 22.7 Å². The van der Waals surface area contributed by atoms with Crippen molar-refractivity contribution in [1.29, 1.82) is 0 Å². The maximum absolute atomic E-state index is 5.63. The molecule has 0 aromatic heterocycles. The molecule has 1 spiro atoms. The Morgan fingerprint density at radius 1 is 1.23 bits per heavy atom. The Morgan fingerprint density at radius 3 is 2.62 bits per heavy atom. The van der Waals surface area contributed by atoms with Crippen LogP contribution < -0.4 is 0 Å². The van der Waals surface area contributed by atoms with Crippen LogP contribution in [0.4, 0.5) is 0 Å². The van der Waals surface area contributed by atoms with Crippen LogP contribution in [0.25, 0.3) is 0 Å². The molecule has 2 bridgehead atoms. The second-order valence-electron chi connectivity index (χ2n) is 6.01. The molecule has 3 aliphatic carbocycles. The molecule has 1 nitrogen and oxygen atoms in total. The molecule has 3 atom stereocenters. The van der Waals surface area contributed by atoms with Gasteiger partial charge in [0.2, 0.25) is 0 Å². The Bertz CT molecular complexity index is 223. The molecule has 4 rings (SSSR count). The summed E-state index contributed by atoms with van der Waals surface area (Å²) >= 11 is 0. The molecule has 3 saturated carbocycles. The third-order valence-electron chi connectivity index (χ3n) is 5.33. The molecule has 0 unspecified atom stereocenters. The molecule has 4 fully saturated rings. The Kier molecular flexibility index (Phi) is 1.47. The van der Waals surface area contributed by atoms with E-state index in [2.05, 4.69) is 13.8 Å². The van der Waals surface area contributed by atoms with Gasteiger partial charge in [-0.25, -0.2) is 0 Å². The summed E-state index contributed by atoms with van der Waals surface area (Å²) < 4.78 is 5.63. The average Bonchev–Trinajstić information content (AvgIpc) is 2.53. The lowest BCUT2D eigenvalue weighted by Crippen LogP contribution is -2.58. The van der Waals surface area contributed by atoms with Gasteiger partial charge in [-0.3, -0.25) is 0 Å². The molecule has 0 aromatic carbocycles. The van der Waals surface area contributed by atoms with Crippen LogP contribution in [-0.2, 0) is 4.74 Å². The summed E-state index contributed by atoms with van der Waals surface area (Å²) in [5.41, 5.74) is 1.24. The zero-order valence-corrected chi connectivity index (χ0v) is 8.81. The van der Waals surface area contributed by atoms with Crippen molar-refractivity contribution in [3.8, 4) is 0 Å². The highest BCUT2D eigenvalue weighted by Gasteiger charge is 2.61. The number of hydrogen-bond donors (Lipinski definition) is 0. The van der Waals surface area contributed by atoms with E-state index in [-0.39, 0.29) is 0 Å². The molecule has 1 heterocycles. The van der Waals surface area contributed by atoms with E-state index in [4.69, 9.17) is 4.74 Å². The minimum atomic E-state index is 0.609. The van der Waals surface area contributed by atoms with Crippen LogP contribution in [0.1, 0.15) is 39.5 Å². The first-order valence-corrected chi connectivity index (χ1v) is 5.73. The molecule has 0 N–H and O–H groups in total. The average molecular weight is 180 g/mol. The smallest absolute Gasteiger partial charge is 0.0526 e.